The maximum atomic E-state index is 12.3. The van der Waals surface area contributed by atoms with Gasteiger partial charge in [0.2, 0.25) is 11.8 Å². The minimum absolute atomic E-state index is 0.0637. The first-order valence-electron chi connectivity index (χ1n) is 9.44. The molecule has 6 heteroatoms. The molecule has 2 rings (SSSR count). The van der Waals surface area contributed by atoms with Crippen molar-refractivity contribution in [3.05, 3.63) is 24.3 Å². The Hall–Kier alpha value is -2.08. The molecule has 0 atom stereocenters. The van der Waals surface area contributed by atoms with Gasteiger partial charge in [-0.2, -0.15) is 0 Å². The van der Waals surface area contributed by atoms with Crippen molar-refractivity contribution in [3.63, 3.8) is 0 Å². The first kappa shape index (κ1) is 20.2. The lowest BCUT2D eigenvalue weighted by Gasteiger charge is -2.34. The third-order valence-electron chi connectivity index (χ3n) is 4.78. The Morgan fingerprint density at radius 2 is 1.73 bits per heavy atom. The number of carbonyl (C=O) groups excluding carboxylic acids is 2. The van der Waals surface area contributed by atoms with Crippen LogP contribution >= 0.6 is 0 Å². The van der Waals surface area contributed by atoms with E-state index in [4.69, 9.17) is 0 Å². The molecule has 1 fully saturated rings. The molecule has 1 N–H and O–H groups in total. The number of likely N-dealkylation sites (N-methyl/N-ethyl adjacent to an activating group) is 1. The lowest BCUT2D eigenvalue weighted by Crippen LogP contribution is -2.44. The monoisotopic (exact) mass is 360 g/mol. The standard InChI is InChI=1S/C20H32N4O2/c1-16(2)9-10-24(17(3)25)15-20(26)21-18-5-7-19(8-6-18)23-13-11-22(4)12-14-23/h5-8,16H,9-15H2,1-4H3,(H,21,26). The predicted molar refractivity (Wildman–Crippen MR) is 106 cm³/mol. The van der Waals surface area contributed by atoms with Crippen LogP contribution in [0.2, 0.25) is 0 Å². The number of benzene rings is 1. The van der Waals surface area contributed by atoms with E-state index in [0.29, 0.717) is 12.5 Å². The average Bonchev–Trinajstić information content (AvgIpc) is 2.59. The fourth-order valence-corrected chi connectivity index (χ4v) is 2.96. The average molecular weight is 361 g/mol. The summed E-state index contributed by atoms with van der Waals surface area (Å²) in [4.78, 5) is 30.3. The molecule has 0 saturated carbocycles. The van der Waals surface area contributed by atoms with Crippen LogP contribution in [0.15, 0.2) is 24.3 Å². The number of carbonyl (C=O) groups is 2. The lowest BCUT2D eigenvalue weighted by atomic mass is 10.1. The van der Waals surface area contributed by atoms with Crippen LogP contribution in [0, 0.1) is 5.92 Å². The van der Waals surface area contributed by atoms with E-state index in [1.165, 1.54) is 12.6 Å². The fraction of sp³-hybridized carbons (Fsp3) is 0.600. The molecule has 0 radical (unpaired) electrons. The van der Waals surface area contributed by atoms with Gasteiger partial charge < -0.3 is 20.0 Å². The van der Waals surface area contributed by atoms with Gasteiger partial charge in [-0.25, -0.2) is 0 Å². The van der Waals surface area contributed by atoms with Crippen LogP contribution in [0.5, 0.6) is 0 Å². The lowest BCUT2D eigenvalue weighted by molar-refractivity contribution is -0.132. The smallest absolute Gasteiger partial charge is 0.243 e. The number of piperazine rings is 1. The van der Waals surface area contributed by atoms with E-state index in [1.807, 2.05) is 24.3 Å². The van der Waals surface area contributed by atoms with Gasteiger partial charge in [-0.1, -0.05) is 13.8 Å². The molecular formula is C20H32N4O2. The van der Waals surface area contributed by atoms with Crippen LogP contribution in [0.25, 0.3) is 0 Å². The molecular weight excluding hydrogens is 328 g/mol. The number of anilines is 2. The van der Waals surface area contributed by atoms with Crippen LogP contribution in [0.1, 0.15) is 27.2 Å². The van der Waals surface area contributed by atoms with Gasteiger partial charge >= 0.3 is 0 Å². The van der Waals surface area contributed by atoms with Crippen LogP contribution in [-0.2, 0) is 9.59 Å². The summed E-state index contributed by atoms with van der Waals surface area (Å²) in [5.74, 6) is 0.282. The Kier molecular flexibility index (Phi) is 7.45. The second-order valence-electron chi connectivity index (χ2n) is 7.51. The van der Waals surface area contributed by atoms with E-state index in [1.54, 1.807) is 4.90 Å². The summed E-state index contributed by atoms with van der Waals surface area (Å²) < 4.78 is 0. The highest BCUT2D eigenvalue weighted by molar-refractivity contribution is 5.94. The minimum Gasteiger partial charge on any atom is -0.369 e. The van der Waals surface area contributed by atoms with E-state index in [-0.39, 0.29) is 18.4 Å². The molecule has 1 aromatic carbocycles. The van der Waals surface area contributed by atoms with Crippen LogP contribution < -0.4 is 10.2 Å². The molecule has 26 heavy (non-hydrogen) atoms. The predicted octanol–water partition coefficient (Wildman–Crippen LogP) is 2.27. The molecule has 1 aromatic rings. The van der Waals surface area contributed by atoms with E-state index in [9.17, 15) is 9.59 Å². The van der Waals surface area contributed by atoms with E-state index in [0.717, 1.165) is 38.3 Å². The topological polar surface area (TPSA) is 55.9 Å². The van der Waals surface area contributed by atoms with Crippen molar-refractivity contribution in [1.82, 2.24) is 9.80 Å². The first-order chi connectivity index (χ1) is 12.3. The number of hydrogen-bond acceptors (Lipinski definition) is 4. The molecule has 0 aliphatic carbocycles. The van der Waals surface area contributed by atoms with Gasteiger partial charge in [0.15, 0.2) is 0 Å². The Balaban J connectivity index is 1.87. The second-order valence-corrected chi connectivity index (χ2v) is 7.51. The molecule has 0 bridgehead atoms. The van der Waals surface area contributed by atoms with Gasteiger partial charge in [-0.15, -0.1) is 0 Å². The Bertz CT molecular complexity index is 592. The number of nitrogens with zero attached hydrogens (tertiary/aromatic N) is 3. The van der Waals surface area contributed by atoms with Crippen molar-refractivity contribution in [1.29, 1.82) is 0 Å². The molecule has 1 aliphatic rings. The Morgan fingerprint density at radius 3 is 2.27 bits per heavy atom. The van der Waals surface area contributed by atoms with E-state index in [2.05, 4.69) is 36.0 Å². The quantitative estimate of drug-likeness (QED) is 0.810. The first-order valence-corrected chi connectivity index (χ1v) is 9.44. The molecule has 6 nitrogen and oxygen atoms in total. The van der Waals surface area contributed by atoms with Crippen molar-refractivity contribution in [2.24, 2.45) is 5.92 Å². The van der Waals surface area contributed by atoms with Gasteiger partial charge in [0, 0.05) is 51.0 Å². The summed E-state index contributed by atoms with van der Waals surface area (Å²) in [6, 6.07) is 7.94. The van der Waals surface area contributed by atoms with Crippen LogP contribution in [0.3, 0.4) is 0 Å². The summed E-state index contributed by atoms with van der Waals surface area (Å²) in [5.41, 5.74) is 1.94. The molecule has 2 amide bonds. The van der Waals surface area contributed by atoms with E-state index >= 15 is 0 Å². The number of nitrogens with one attached hydrogen (secondary N) is 1. The maximum Gasteiger partial charge on any atom is 0.243 e. The molecule has 0 aromatic heterocycles. The SMILES string of the molecule is CC(=O)N(CCC(C)C)CC(=O)Nc1ccc(N2CCN(C)CC2)cc1. The molecule has 1 heterocycles. The summed E-state index contributed by atoms with van der Waals surface area (Å²) in [5, 5.41) is 2.89. The fourth-order valence-electron chi connectivity index (χ4n) is 2.96. The van der Waals surface area contributed by atoms with Crippen molar-refractivity contribution in [2.45, 2.75) is 27.2 Å². The summed E-state index contributed by atoms with van der Waals surface area (Å²) in [7, 11) is 2.14. The Labute approximate surface area is 157 Å². The molecule has 0 unspecified atom stereocenters. The maximum absolute atomic E-state index is 12.3. The van der Waals surface area contributed by atoms with Crippen molar-refractivity contribution in [3.8, 4) is 0 Å². The zero-order valence-electron chi connectivity index (χ0n) is 16.5. The van der Waals surface area contributed by atoms with Crippen LogP contribution in [0.4, 0.5) is 11.4 Å². The third kappa shape index (κ3) is 6.33. The minimum atomic E-state index is -0.156. The second kappa shape index (κ2) is 9.57. The van der Waals surface area contributed by atoms with Crippen molar-refractivity contribution in [2.75, 3.05) is 56.5 Å². The van der Waals surface area contributed by atoms with E-state index < -0.39 is 0 Å². The molecule has 1 saturated heterocycles. The van der Waals surface area contributed by atoms with Crippen LogP contribution in [-0.4, -0.2) is 67.9 Å². The number of amides is 2. The van der Waals surface area contributed by atoms with Gasteiger partial charge in [0.1, 0.15) is 0 Å². The third-order valence-corrected chi connectivity index (χ3v) is 4.78. The molecule has 144 valence electrons. The zero-order valence-corrected chi connectivity index (χ0v) is 16.5. The summed E-state index contributed by atoms with van der Waals surface area (Å²) >= 11 is 0. The highest BCUT2D eigenvalue weighted by Crippen LogP contribution is 2.19. The molecule has 0 spiro atoms. The van der Waals surface area contributed by atoms with Crippen molar-refractivity contribution >= 4 is 23.2 Å². The highest BCUT2D eigenvalue weighted by Gasteiger charge is 2.16. The van der Waals surface area contributed by atoms with Crippen molar-refractivity contribution < 1.29 is 9.59 Å². The normalized spacial score (nSPS) is 15.2. The number of rotatable bonds is 7. The Morgan fingerprint density at radius 1 is 1.12 bits per heavy atom. The van der Waals surface area contributed by atoms with Gasteiger partial charge in [-0.3, -0.25) is 9.59 Å². The number of hydrogen-bond donors (Lipinski definition) is 1. The summed E-state index contributed by atoms with van der Waals surface area (Å²) in [6.45, 7) is 10.6. The summed E-state index contributed by atoms with van der Waals surface area (Å²) in [6.07, 6.45) is 0.895. The molecule has 1 aliphatic heterocycles. The van der Waals surface area contributed by atoms with Gasteiger partial charge in [0.25, 0.3) is 0 Å². The van der Waals surface area contributed by atoms with Gasteiger partial charge in [-0.05, 0) is 43.7 Å². The largest absolute Gasteiger partial charge is 0.369 e. The van der Waals surface area contributed by atoms with Gasteiger partial charge in [0.05, 0.1) is 6.54 Å². The highest BCUT2D eigenvalue weighted by atomic mass is 16.2. The zero-order chi connectivity index (χ0) is 19.1.